The summed E-state index contributed by atoms with van der Waals surface area (Å²) < 4.78 is 5.40. The number of fused-ring (bicyclic) bond motifs is 3. The molecule has 2 bridgehead atoms. The van der Waals surface area contributed by atoms with E-state index in [9.17, 15) is 9.59 Å². The van der Waals surface area contributed by atoms with Gasteiger partial charge in [0.15, 0.2) is 0 Å². The number of thiophene rings is 1. The van der Waals surface area contributed by atoms with Gasteiger partial charge >= 0.3 is 6.03 Å². The number of ketones is 1. The standard InChI is InChI=1S/C36H49N5O3S/c1-22-17-23(2)19-25(18-22)32-27(9-12-40-10-7-26(8-11-40)38-35(43)41-13-15-44-16-14-41)28-20-30(45-34(28)39-32)36(3,4)33(42)31-24-5-6-29(31)37-21-24/h17-20,24,26,29,31,37,39H,5-16,21H2,1-4H3,(H,38,43). The number of amides is 2. The molecule has 1 aliphatic carbocycles. The van der Waals surface area contributed by atoms with Gasteiger partial charge < -0.3 is 30.2 Å². The van der Waals surface area contributed by atoms with Crippen molar-refractivity contribution >= 4 is 33.4 Å². The molecular weight excluding hydrogens is 582 g/mol. The van der Waals surface area contributed by atoms with Crippen LogP contribution in [0.15, 0.2) is 24.3 Å². The minimum absolute atomic E-state index is 0.0519. The fourth-order valence-corrected chi connectivity index (χ4v) is 9.54. The molecule has 2 amide bonds. The number of aromatic amines is 1. The Labute approximate surface area is 271 Å². The number of nitrogens with one attached hydrogen (secondary N) is 3. The van der Waals surface area contributed by atoms with Gasteiger partial charge in [-0.15, -0.1) is 11.3 Å². The van der Waals surface area contributed by atoms with Gasteiger partial charge in [-0.1, -0.05) is 17.2 Å². The third-order valence-corrected chi connectivity index (χ3v) is 12.3. The molecule has 3 unspecified atom stereocenters. The number of carbonyl (C=O) groups excluding carboxylic acids is 2. The van der Waals surface area contributed by atoms with E-state index in [0.29, 0.717) is 44.0 Å². The van der Waals surface area contributed by atoms with Crippen molar-refractivity contribution in [3.05, 3.63) is 45.8 Å². The minimum atomic E-state index is -0.507. The van der Waals surface area contributed by atoms with Crippen molar-refractivity contribution in [2.24, 2.45) is 11.8 Å². The Kier molecular flexibility index (Phi) is 8.57. The van der Waals surface area contributed by atoms with Crippen LogP contribution >= 0.6 is 11.3 Å². The van der Waals surface area contributed by atoms with E-state index in [1.807, 2.05) is 4.90 Å². The van der Waals surface area contributed by atoms with Crippen LogP contribution in [-0.2, 0) is 21.4 Å². The molecule has 9 heteroatoms. The molecule has 45 heavy (non-hydrogen) atoms. The van der Waals surface area contributed by atoms with Crippen LogP contribution in [-0.4, -0.2) is 91.2 Å². The van der Waals surface area contributed by atoms with Crippen molar-refractivity contribution in [1.29, 1.82) is 0 Å². The highest BCUT2D eigenvalue weighted by Gasteiger charge is 2.50. The number of urea groups is 1. The van der Waals surface area contributed by atoms with E-state index >= 15 is 0 Å². The molecule has 1 aromatic carbocycles. The first-order valence-electron chi connectivity index (χ1n) is 17.0. The molecule has 1 saturated carbocycles. The number of hydrogen-bond acceptors (Lipinski definition) is 6. The Morgan fingerprint density at radius 2 is 1.73 bits per heavy atom. The third-order valence-electron chi connectivity index (χ3n) is 11.0. The monoisotopic (exact) mass is 631 g/mol. The summed E-state index contributed by atoms with van der Waals surface area (Å²) in [4.78, 5) is 37.3. The van der Waals surface area contributed by atoms with E-state index in [-0.39, 0.29) is 18.0 Å². The zero-order chi connectivity index (χ0) is 31.3. The minimum Gasteiger partial charge on any atom is -0.378 e. The lowest BCUT2D eigenvalue weighted by atomic mass is 9.76. The van der Waals surface area contributed by atoms with Gasteiger partial charge in [-0.05, 0) is 102 Å². The number of piperidine rings is 2. The van der Waals surface area contributed by atoms with Crippen LogP contribution in [0, 0.1) is 25.7 Å². The summed E-state index contributed by atoms with van der Waals surface area (Å²) >= 11 is 1.77. The SMILES string of the molecule is Cc1cc(C)cc(-c2[nH]c3sc(C(C)(C)C(=O)C4C5CCC4NC5)cc3c2CCN2CCC(NC(=O)N3CCOCC3)CC2)c1. The average Bonchev–Trinajstić information content (AvgIpc) is 3.81. The van der Waals surface area contributed by atoms with Gasteiger partial charge in [0.2, 0.25) is 0 Å². The second-order valence-electron chi connectivity index (χ2n) is 14.5. The Hall–Kier alpha value is -2.72. The van der Waals surface area contributed by atoms with E-state index in [0.717, 1.165) is 51.9 Å². The lowest BCUT2D eigenvalue weighted by Crippen LogP contribution is -2.52. The molecule has 0 spiro atoms. The molecule has 8 nitrogen and oxygen atoms in total. The zero-order valence-corrected chi connectivity index (χ0v) is 28.2. The van der Waals surface area contributed by atoms with Gasteiger partial charge in [-0.3, -0.25) is 4.79 Å². The number of nitrogens with zero attached hydrogens (tertiary/aromatic N) is 2. The second-order valence-corrected chi connectivity index (χ2v) is 15.5. The van der Waals surface area contributed by atoms with Gasteiger partial charge in [0, 0.05) is 61.0 Å². The molecule has 3 N–H and O–H groups in total. The smallest absolute Gasteiger partial charge is 0.317 e. The van der Waals surface area contributed by atoms with Crippen LogP contribution in [0.25, 0.3) is 21.5 Å². The van der Waals surface area contributed by atoms with Crippen molar-refractivity contribution in [1.82, 2.24) is 25.4 Å². The first-order valence-corrected chi connectivity index (χ1v) is 17.9. The largest absolute Gasteiger partial charge is 0.378 e. The third kappa shape index (κ3) is 6.09. The summed E-state index contributed by atoms with van der Waals surface area (Å²) in [5, 5.41) is 8.13. The maximum atomic E-state index is 14.0. The number of hydrogen-bond donors (Lipinski definition) is 3. The zero-order valence-electron chi connectivity index (χ0n) is 27.3. The summed E-state index contributed by atoms with van der Waals surface area (Å²) in [5.74, 6) is 1.05. The highest BCUT2D eigenvalue weighted by atomic mass is 32.1. The highest BCUT2D eigenvalue weighted by Crippen LogP contribution is 2.45. The summed E-state index contributed by atoms with van der Waals surface area (Å²) in [6, 6.07) is 9.76. The topological polar surface area (TPSA) is 89.7 Å². The van der Waals surface area contributed by atoms with Crippen LogP contribution in [0.3, 0.4) is 0 Å². The normalized spacial score (nSPS) is 24.5. The van der Waals surface area contributed by atoms with Gasteiger partial charge in [0.1, 0.15) is 10.6 Å². The summed E-state index contributed by atoms with van der Waals surface area (Å²) in [6.45, 7) is 15.1. The lowest BCUT2D eigenvalue weighted by molar-refractivity contribution is -0.128. The molecule has 3 atom stereocenters. The number of morpholine rings is 1. The molecule has 7 rings (SSSR count). The van der Waals surface area contributed by atoms with E-state index < -0.39 is 5.41 Å². The van der Waals surface area contributed by atoms with Crippen LogP contribution in [0.1, 0.15) is 61.1 Å². The second kappa shape index (κ2) is 12.5. The Bertz CT molecular complexity index is 1520. The molecule has 0 radical (unpaired) electrons. The van der Waals surface area contributed by atoms with Crippen molar-refractivity contribution < 1.29 is 14.3 Å². The maximum absolute atomic E-state index is 14.0. The number of aryl methyl sites for hydroxylation is 2. The fourth-order valence-electron chi connectivity index (χ4n) is 8.34. The first kappa shape index (κ1) is 30.9. The quantitative estimate of drug-likeness (QED) is 0.310. The van der Waals surface area contributed by atoms with E-state index in [1.54, 1.807) is 11.3 Å². The molecule has 3 saturated heterocycles. The molecule has 3 aromatic rings. The van der Waals surface area contributed by atoms with Crippen molar-refractivity contribution in [3.63, 3.8) is 0 Å². The maximum Gasteiger partial charge on any atom is 0.317 e. The summed E-state index contributed by atoms with van der Waals surface area (Å²) in [5.41, 5.74) is 5.83. The Morgan fingerprint density at radius 3 is 2.38 bits per heavy atom. The van der Waals surface area contributed by atoms with Crippen molar-refractivity contribution in [2.45, 2.75) is 77.3 Å². The van der Waals surface area contributed by atoms with Crippen molar-refractivity contribution in [3.8, 4) is 11.3 Å². The van der Waals surface area contributed by atoms with Crippen molar-refractivity contribution in [2.75, 3.05) is 52.5 Å². The first-order chi connectivity index (χ1) is 21.7. The highest BCUT2D eigenvalue weighted by molar-refractivity contribution is 7.19. The molecule has 4 fully saturated rings. The van der Waals surface area contributed by atoms with Gasteiger partial charge in [0.25, 0.3) is 0 Å². The number of rotatable bonds is 8. The molecular formula is C36H49N5O3S. The molecule has 242 valence electrons. The molecule has 3 aliphatic heterocycles. The van der Waals surface area contributed by atoms with Crippen LogP contribution < -0.4 is 10.6 Å². The van der Waals surface area contributed by atoms with E-state index in [1.165, 1.54) is 49.5 Å². The summed E-state index contributed by atoms with van der Waals surface area (Å²) in [6.07, 6.45) is 5.19. The number of benzene rings is 1. The molecule has 2 aromatic heterocycles. The van der Waals surface area contributed by atoms with Crippen LogP contribution in [0.5, 0.6) is 0 Å². The number of aromatic nitrogens is 1. The predicted octanol–water partition coefficient (Wildman–Crippen LogP) is 5.41. The number of Topliss-reactive ketones (excluding diaryl/α,β-unsaturated/α-hetero) is 1. The van der Waals surface area contributed by atoms with E-state index in [4.69, 9.17) is 4.74 Å². The number of ether oxygens (including phenoxy) is 1. The van der Waals surface area contributed by atoms with Crippen LogP contribution in [0.4, 0.5) is 4.79 Å². The predicted molar refractivity (Wildman–Crippen MR) is 181 cm³/mol. The summed E-state index contributed by atoms with van der Waals surface area (Å²) in [7, 11) is 0. The van der Waals surface area contributed by atoms with Gasteiger partial charge in [-0.25, -0.2) is 4.79 Å². The van der Waals surface area contributed by atoms with Gasteiger partial charge in [-0.2, -0.15) is 0 Å². The number of likely N-dealkylation sites (tertiary alicyclic amines) is 1. The number of H-pyrrole nitrogens is 1. The van der Waals surface area contributed by atoms with Crippen LogP contribution in [0.2, 0.25) is 0 Å². The molecule has 4 aliphatic rings. The Balaban J connectivity index is 1.09. The molecule has 5 heterocycles. The fraction of sp³-hybridized carbons (Fsp3) is 0.611. The van der Waals surface area contributed by atoms with Gasteiger partial charge in [0.05, 0.1) is 24.3 Å². The number of carbonyl (C=O) groups is 2. The van der Waals surface area contributed by atoms with E-state index in [2.05, 4.69) is 72.5 Å². The lowest BCUT2D eigenvalue weighted by Gasteiger charge is -2.34. The average molecular weight is 632 g/mol. The Morgan fingerprint density at radius 1 is 1.00 bits per heavy atom.